The lowest BCUT2D eigenvalue weighted by molar-refractivity contribution is 0.0601. The van der Waals surface area contributed by atoms with E-state index in [1.807, 2.05) is 24.3 Å². The summed E-state index contributed by atoms with van der Waals surface area (Å²) in [6.45, 7) is 0. The van der Waals surface area contributed by atoms with Gasteiger partial charge in [-0.25, -0.2) is 4.79 Å². The summed E-state index contributed by atoms with van der Waals surface area (Å²) >= 11 is 0. The summed E-state index contributed by atoms with van der Waals surface area (Å²) in [7, 11) is 8.12. The number of carbonyl (C=O) groups excluding carboxylic acids is 1. The van der Waals surface area contributed by atoms with E-state index in [1.54, 1.807) is 34.5 Å². The van der Waals surface area contributed by atoms with Crippen LogP contribution in [0.5, 0.6) is 23.0 Å². The predicted molar refractivity (Wildman–Crippen MR) is 116 cm³/mol. The molecule has 0 spiro atoms. The van der Waals surface area contributed by atoms with Crippen LogP contribution < -0.4 is 18.9 Å². The standard InChI is InChI=1S/C25H24O6/c1-27-17-8-9-18(28-2)20-16-11-15(19(17)20)21-22(16)24(30-4)14-10-12(25(26)31-5)6-7-13(14)23(21)29-3/h6-10,15-16H,11H2,1-5H3. The normalized spacial score (nSPS) is 17.8. The number of rotatable bonds is 5. The van der Waals surface area contributed by atoms with Gasteiger partial charge in [0, 0.05) is 44.9 Å². The fourth-order valence-electron chi connectivity index (χ4n) is 5.51. The molecule has 160 valence electrons. The van der Waals surface area contributed by atoms with Crippen LogP contribution in [0.4, 0.5) is 0 Å². The van der Waals surface area contributed by atoms with Crippen LogP contribution in [-0.2, 0) is 4.74 Å². The Kier molecular flexibility index (Phi) is 4.46. The van der Waals surface area contributed by atoms with Gasteiger partial charge in [0.1, 0.15) is 23.0 Å². The average Bonchev–Trinajstić information content (AvgIpc) is 3.38. The molecule has 0 N–H and O–H groups in total. The first-order valence-electron chi connectivity index (χ1n) is 10.1. The summed E-state index contributed by atoms with van der Waals surface area (Å²) in [6, 6.07) is 9.40. The lowest BCUT2D eigenvalue weighted by atomic mass is 9.82. The number of esters is 1. The summed E-state index contributed by atoms with van der Waals surface area (Å²) in [5, 5.41) is 1.73. The minimum Gasteiger partial charge on any atom is -0.496 e. The fourth-order valence-corrected chi connectivity index (χ4v) is 5.51. The average molecular weight is 420 g/mol. The highest BCUT2D eigenvalue weighted by atomic mass is 16.5. The van der Waals surface area contributed by atoms with Crippen molar-refractivity contribution in [2.75, 3.05) is 35.5 Å². The number of hydrogen-bond donors (Lipinski definition) is 0. The van der Waals surface area contributed by atoms with Crippen molar-refractivity contribution in [3.8, 4) is 23.0 Å². The van der Waals surface area contributed by atoms with Gasteiger partial charge in [-0.05, 0) is 36.8 Å². The van der Waals surface area contributed by atoms with Crippen LogP contribution in [0.25, 0.3) is 10.8 Å². The van der Waals surface area contributed by atoms with Crippen LogP contribution in [-0.4, -0.2) is 41.5 Å². The van der Waals surface area contributed by atoms with Crippen LogP contribution in [0.3, 0.4) is 0 Å². The summed E-state index contributed by atoms with van der Waals surface area (Å²) in [4.78, 5) is 12.2. The maximum absolute atomic E-state index is 12.2. The van der Waals surface area contributed by atoms with E-state index in [0.717, 1.165) is 62.4 Å². The van der Waals surface area contributed by atoms with E-state index >= 15 is 0 Å². The van der Waals surface area contributed by atoms with Crippen LogP contribution >= 0.6 is 0 Å². The van der Waals surface area contributed by atoms with Crippen LogP contribution in [0.1, 0.15) is 50.9 Å². The van der Waals surface area contributed by atoms with Crippen LogP contribution in [0.2, 0.25) is 0 Å². The van der Waals surface area contributed by atoms with Crippen molar-refractivity contribution in [3.63, 3.8) is 0 Å². The van der Waals surface area contributed by atoms with Gasteiger partial charge in [0.05, 0.1) is 41.1 Å². The van der Waals surface area contributed by atoms with E-state index in [1.165, 1.54) is 7.11 Å². The largest absolute Gasteiger partial charge is 0.496 e. The van der Waals surface area contributed by atoms with Crippen molar-refractivity contribution in [2.24, 2.45) is 0 Å². The minimum absolute atomic E-state index is 0.0927. The lowest BCUT2D eigenvalue weighted by Gasteiger charge is -2.27. The second-order valence-corrected chi connectivity index (χ2v) is 7.78. The van der Waals surface area contributed by atoms with Gasteiger partial charge in [0.25, 0.3) is 0 Å². The molecular weight excluding hydrogens is 396 g/mol. The van der Waals surface area contributed by atoms with Crippen molar-refractivity contribution in [1.29, 1.82) is 0 Å². The molecule has 3 aromatic rings. The number of carbonyl (C=O) groups is 1. The van der Waals surface area contributed by atoms with E-state index in [2.05, 4.69) is 0 Å². The van der Waals surface area contributed by atoms with Crippen LogP contribution in [0.15, 0.2) is 30.3 Å². The Balaban J connectivity index is 1.85. The number of hydrogen-bond acceptors (Lipinski definition) is 6. The molecule has 0 heterocycles. The molecule has 0 radical (unpaired) electrons. The molecule has 0 saturated carbocycles. The second kappa shape index (κ2) is 7.08. The quantitative estimate of drug-likeness (QED) is 0.561. The topological polar surface area (TPSA) is 63.2 Å². The van der Waals surface area contributed by atoms with Crippen molar-refractivity contribution >= 4 is 16.7 Å². The van der Waals surface area contributed by atoms with Crippen molar-refractivity contribution in [1.82, 2.24) is 0 Å². The van der Waals surface area contributed by atoms with E-state index in [-0.39, 0.29) is 17.8 Å². The third kappa shape index (κ3) is 2.48. The predicted octanol–water partition coefficient (Wildman–Crippen LogP) is 4.64. The molecule has 5 rings (SSSR count). The van der Waals surface area contributed by atoms with Crippen molar-refractivity contribution in [3.05, 3.63) is 58.1 Å². The van der Waals surface area contributed by atoms with Gasteiger partial charge in [-0.1, -0.05) is 0 Å². The van der Waals surface area contributed by atoms with E-state index in [4.69, 9.17) is 23.7 Å². The van der Waals surface area contributed by atoms with Gasteiger partial charge in [-0.3, -0.25) is 0 Å². The zero-order chi connectivity index (χ0) is 21.9. The smallest absolute Gasteiger partial charge is 0.337 e. The Labute approximate surface area is 180 Å². The van der Waals surface area contributed by atoms with Gasteiger partial charge in [-0.2, -0.15) is 0 Å². The maximum Gasteiger partial charge on any atom is 0.337 e. The monoisotopic (exact) mass is 420 g/mol. The number of methoxy groups -OCH3 is 5. The molecular formula is C25H24O6. The Hall–Kier alpha value is -3.41. The Morgan fingerprint density at radius 1 is 0.710 bits per heavy atom. The Morgan fingerprint density at radius 2 is 1.26 bits per heavy atom. The Morgan fingerprint density at radius 3 is 1.74 bits per heavy atom. The first kappa shape index (κ1) is 19.5. The number of fused-ring (bicyclic) bond motifs is 9. The molecule has 0 amide bonds. The molecule has 2 bridgehead atoms. The lowest BCUT2D eigenvalue weighted by Crippen LogP contribution is -2.11. The summed E-state index contributed by atoms with van der Waals surface area (Å²) < 4.78 is 28.3. The van der Waals surface area contributed by atoms with Crippen molar-refractivity contribution < 1.29 is 28.5 Å². The molecule has 2 aliphatic carbocycles. The Bertz CT molecular complexity index is 1230. The molecule has 0 aromatic heterocycles. The van der Waals surface area contributed by atoms with Gasteiger partial charge in [0.15, 0.2) is 0 Å². The summed E-state index contributed by atoms with van der Waals surface area (Å²) in [6.07, 6.45) is 0.897. The SMILES string of the molecule is COC(=O)c1ccc2c(OC)c3c(c(OC)c2c1)C1CC3c2c(OC)ccc(OC)c21. The zero-order valence-electron chi connectivity index (χ0n) is 18.2. The molecule has 31 heavy (non-hydrogen) atoms. The third-order valence-electron chi connectivity index (χ3n) is 6.63. The van der Waals surface area contributed by atoms with Crippen molar-refractivity contribution in [2.45, 2.75) is 18.3 Å². The van der Waals surface area contributed by atoms with E-state index in [9.17, 15) is 4.79 Å². The van der Waals surface area contributed by atoms with Gasteiger partial charge in [-0.15, -0.1) is 0 Å². The minimum atomic E-state index is -0.387. The molecule has 2 atom stereocenters. The molecule has 0 saturated heterocycles. The highest BCUT2D eigenvalue weighted by molar-refractivity contribution is 6.02. The molecule has 2 aliphatic rings. The molecule has 6 nitrogen and oxygen atoms in total. The van der Waals surface area contributed by atoms with Crippen LogP contribution in [0, 0.1) is 0 Å². The molecule has 3 aromatic carbocycles. The molecule has 2 unspecified atom stereocenters. The third-order valence-corrected chi connectivity index (χ3v) is 6.63. The second-order valence-electron chi connectivity index (χ2n) is 7.78. The highest BCUT2D eigenvalue weighted by Crippen LogP contribution is 2.66. The van der Waals surface area contributed by atoms with E-state index < -0.39 is 0 Å². The highest BCUT2D eigenvalue weighted by Gasteiger charge is 2.49. The summed E-state index contributed by atoms with van der Waals surface area (Å²) in [5.41, 5.74) is 4.99. The van der Waals surface area contributed by atoms with E-state index in [0.29, 0.717) is 5.56 Å². The zero-order valence-corrected chi connectivity index (χ0v) is 18.2. The first-order valence-corrected chi connectivity index (χ1v) is 10.1. The maximum atomic E-state index is 12.2. The molecule has 0 aliphatic heterocycles. The molecule has 0 fully saturated rings. The van der Waals surface area contributed by atoms with Gasteiger partial charge >= 0.3 is 5.97 Å². The number of ether oxygens (including phenoxy) is 5. The van der Waals surface area contributed by atoms with Gasteiger partial charge < -0.3 is 23.7 Å². The fraction of sp³-hybridized carbons (Fsp3) is 0.320. The summed E-state index contributed by atoms with van der Waals surface area (Å²) in [5.74, 6) is 3.10. The first-order chi connectivity index (χ1) is 15.1. The van der Waals surface area contributed by atoms with Gasteiger partial charge in [0.2, 0.25) is 0 Å². The number of benzene rings is 3. The molecule has 6 heteroatoms.